The third-order valence-electron chi connectivity index (χ3n) is 12.7. The molecule has 0 rings (SSSR count). The zero-order chi connectivity index (χ0) is 45.4. The van der Waals surface area contributed by atoms with E-state index < -0.39 is 6.10 Å². The Morgan fingerprint density at radius 1 is 0.306 bits per heavy atom. The predicted octanol–water partition coefficient (Wildman–Crippen LogP) is 18.1. The van der Waals surface area contributed by atoms with Crippen molar-refractivity contribution >= 4 is 17.9 Å². The van der Waals surface area contributed by atoms with E-state index >= 15 is 0 Å². The molecule has 0 radical (unpaired) electrons. The highest BCUT2D eigenvalue weighted by atomic mass is 16.6. The van der Waals surface area contributed by atoms with Crippen molar-refractivity contribution in [3.05, 3.63) is 0 Å². The van der Waals surface area contributed by atoms with E-state index in [1.807, 2.05) is 0 Å². The van der Waals surface area contributed by atoms with Gasteiger partial charge in [0.05, 0.1) is 0 Å². The molecule has 0 N–H and O–H groups in total. The second kappa shape index (κ2) is 48.9. The summed E-state index contributed by atoms with van der Waals surface area (Å²) in [4.78, 5) is 38.0. The highest BCUT2D eigenvalue weighted by molar-refractivity contribution is 5.71. The lowest BCUT2D eigenvalue weighted by Gasteiger charge is -2.18. The Bertz CT molecular complexity index is 947. The molecule has 1 atom stereocenters. The van der Waals surface area contributed by atoms with Gasteiger partial charge in [-0.15, -0.1) is 0 Å². The molecule has 0 aliphatic heterocycles. The molecule has 62 heavy (non-hydrogen) atoms. The number of ether oxygens (including phenoxy) is 3. The molecule has 0 aliphatic rings. The minimum Gasteiger partial charge on any atom is -0.462 e. The van der Waals surface area contributed by atoms with Crippen molar-refractivity contribution in [1.29, 1.82) is 0 Å². The van der Waals surface area contributed by atoms with Crippen LogP contribution in [0, 0.1) is 11.8 Å². The summed E-state index contributed by atoms with van der Waals surface area (Å²) in [5.41, 5.74) is 0. The van der Waals surface area contributed by atoms with Gasteiger partial charge in [-0.05, 0) is 31.1 Å². The van der Waals surface area contributed by atoms with Crippen LogP contribution in [0.5, 0.6) is 0 Å². The Labute approximate surface area is 387 Å². The van der Waals surface area contributed by atoms with Crippen LogP contribution in [0.2, 0.25) is 0 Å². The van der Waals surface area contributed by atoms with Gasteiger partial charge in [0.25, 0.3) is 0 Å². The average molecular weight is 877 g/mol. The van der Waals surface area contributed by atoms with Crippen molar-refractivity contribution in [2.24, 2.45) is 11.8 Å². The molecular formula is C56H108O6. The summed E-state index contributed by atoms with van der Waals surface area (Å²) in [6, 6.07) is 0. The lowest BCUT2D eigenvalue weighted by molar-refractivity contribution is -0.167. The summed E-state index contributed by atoms with van der Waals surface area (Å²) in [5, 5.41) is 0. The molecule has 0 aromatic rings. The largest absolute Gasteiger partial charge is 0.462 e. The van der Waals surface area contributed by atoms with Gasteiger partial charge in [0.2, 0.25) is 0 Å². The molecule has 0 bridgehead atoms. The minimum atomic E-state index is -0.762. The monoisotopic (exact) mass is 877 g/mol. The first-order chi connectivity index (χ1) is 30.2. The number of rotatable bonds is 50. The highest BCUT2D eigenvalue weighted by Gasteiger charge is 2.19. The average Bonchev–Trinajstić information content (AvgIpc) is 3.24. The van der Waals surface area contributed by atoms with Crippen LogP contribution in [0.25, 0.3) is 0 Å². The van der Waals surface area contributed by atoms with Gasteiger partial charge in [0.15, 0.2) is 6.10 Å². The number of carbonyl (C=O) groups excluding carboxylic acids is 3. The molecule has 0 aromatic heterocycles. The minimum absolute atomic E-state index is 0.0636. The Morgan fingerprint density at radius 3 is 0.790 bits per heavy atom. The molecule has 0 saturated heterocycles. The third kappa shape index (κ3) is 49.4. The molecule has 6 nitrogen and oxygen atoms in total. The topological polar surface area (TPSA) is 78.9 Å². The number of esters is 3. The fourth-order valence-corrected chi connectivity index (χ4v) is 8.52. The van der Waals surface area contributed by atoms with Crippen LogP contribution >= 0.6 is 0 Å². The Hall–Kier alpha value is -1.59. The number of hydrogen-bond acceptors (Lipinski definition) is 6. The van der Waals surface area contributed by atoms with E-state index in [0.29, 0.717) is 19.3 Å². The maximum absolute atomic E-state index is 12.8. The predicted molar refractivity (Wildman–Crippen MR) is 266 cm³/mol. The summed E-state index contributed by atoms with van der Waals surface area (Å²) in [6.45, 7) is 11.4. The Morgan fingerprint density at radius 2 is 0.532 bits per heavy atom. The second-order valence-corrected chi connectivity index (χ2v) is 20.2. The Kier molecular flexibility index (Phi) is 47.6. The lowest BCUT2D eigenvalue weighted by atomic mass is 10.0. The maximum Gasteiger partial charge on any atom is 0.306 e. The fourth-order valence-electron chi connectivity index (χ4n) is 8.52. The van der Waals surface area contributed by atoms with Gasteiger partial charge in [0.1, 0.15) is 13.2 Å². The molecule has 0 spiro atoms. The SMILES string of the molecule is CCCCCCCCCCCCCCCCCCCC(=O)O[C@H](COC(=O)CCCCCCCCCCCCCCCCC(C)C)COC(=O)CCCCCCCCCC(C)C. The standard InChI is InChI=1S/C56H108O6/c1-6-7-8-9-10-11-12-13-14-15-16-21-24-27-32-38-43-48-56(59)62-53(50-61-55(58)47-42-37-33-28-30-35-40-45-52(4)5)49-60-54(57)46-41-36-31-26-23-20-18-17-19-22-25-29-34-39-44-51(2)3/h51-53H,6-50H2,1-5H3/t53-/m1/s1. The molecule has 0 unspecified atom stereocenters. The van der Waals surface area contributed by atoms with Gasteiger partial charge < -0.3 is 14.2 Å². The first-order valence-corrected chi connectivity index (χ1v) is 27.7. The van der Waals surface area contributed by atoms with Crippen molar-refractivity contribution < 1.29 is 28.6 Å². The van der Waals surface area contributed by atoms with Gasteiger partial charge in [-0.1, -0.05) is 272 Å². The van der Waals surface area contributed by atoms with E-state index in [2.05, 4.69) is 34.6 Å². The van der Waals surface area contributed by atoms with Gasteiger partial charge in [-0.3, -0.25) is 14.4 Å². The summed E-state index contributed by atoms with van der Waals surface area (Å²) >= 11 is 0. The summed E-state index contributed by atoms with van der Waals surface area (Å²) in [6.07, 6.45) is 51.0. The van der Waals surface area contributed by atoms with Crippen molar-refractivity contribution in [2.75, 3.05) is 13.2 Å². The van der Waals surface area contributed by atoms with Crippen molar-refractivity contribution in [3.8, 4) is 0 Å². The number of hydrogen-bond donors (Lipinski definition) is 0. The molecular weight excluding hydrogens is 769 g/mol. The van der Waals surface area contributed by atoms with E-state index in [-0.39, 0.29) is 31.1 Å². The molecule has 0 aromatic carbocycles. The van der Waals surface area contributed by atoms with E-state index in [1.165, 1.54) is 199 Å². The first-order valence-electron chi connectivity index (χ1n) is 27.7. The fraction of sp³-hybridized carbons (Fsp3) is 0.946. The molecule has 6 heteroatoms. The quantitative estimate of drug-likeness (QED) is 0.0344. The van der Waals surface area contributed by atoms with Crippen LogP contribution in [0.1, 0.15) is 311 Å². The zero-order valence-electron chi connectivity index (χ0n) is 42.5. The second-order valence-electron chi connectivity index (χ2n) is 20.2. The molecule has 0 fully saturated rings. The van der Waals surface area contributed by atoms with Crippen molar-refractivity contribution in [1.82, 2.24) is 0 Å². The van der Waals surface area contributed by atoms with E-state index in [4.69, 9.17) is 14.2 Å². The summed E-state index contributed by atoms with van der Waals surface area (Å²) in [5.74, 6) is 0.780. The van der Waals surface area contributed by atoms with Crippen LogP contribution in [0.4, 0.5) is 0 Å². The van der Waals surface area contributed by atoms with E-state index in [1.54, 1.807) is 0 Å². The summed E-state index contributed by atoms with van der Waals surface area (Å²) < 4.78 is 16.8. The Balaban J connectivity index is 4.26. The molecule has 0 amide bonds. The highest BCUT2D eigenvalue weighted by Crippen LogP contribution is 2.18. The van der Waals surface area contributed by atoms with Crippen LogP contribution in [-0.2, 0) is 28.6 Å². The lowest BCUT2D eigenvalue weighted by Crippen LogP contribution is -2.30. The molecule has 0 heterocycles. The van der Waals surface area contributed by atoms with Crippen LogP contribution in [0.15, 0.2) is 0 Å². The van der Waals surface area contributed by atoms with Crippen LogP contribution in [0.3, 0.4) is 0 Å². The third-order valence-corrected chi connectivity index (χ3v) is 12.7. The zero-order valence-corrected chi connectivity index (χ0v) is 42.5. The molecule has 0 aliphatic carbocycles. The van der Waals surface area contributed by atoms with Crippen LogP contribution in [-0.4, -0.2) is 37.2 Å². The summed E-state index contributed by atoms with van der Waals surface area (Å²) in [7, 11) is 0. The molecule has 368 valence electrons. The first kappa shape index (κ1) is 60.4. The maximum atomic E-state index is 12.8. The van der Waals surface area contributed by atoms with Gasteiger partial charge in [-0.25, -0.2) is 0 Å². The van der Waals surface area contributed by atoms with Gasteiger partial charge in [0, 0.05) is 19.3 Å². The van der Waals surface area contributed by atoms with Gasteiger partial charge >= 0.3 is 17.9 Å². The normalized spacial score (nSPS) is 12.0. The number of carbonyl (C=O) groups is 3. The van der Waals surface area contributed by atoms with Crippen molar-refractivity contribution in [3.63, 3.8) is 0 Å². The van der Waals surface area contributed by atoms with E-state index in [9.17, 15) is 14.4 Å². The van der Waals surface area contributed by atoms with Crippen molar-refractivity contribution in [2.45, 2.75) is 317 Å². The smallest absolute Gasteiger partial charge is 0.306 e. The van der Waals surface area contributed by atoms with Gasteiger partial charge in [-0.2, -0.15) is 0 Å². The molecule has 0 saturated carbocycles. The number of unbranched alkanes of at least 4 members (excludes halogenated alkanes) is 35. The van der Waals surface area contributed by atoms with E-state index in [0.717, 1.165) is 69.6 Å². The van der Waals surface area contributed by atoms with Crippen LogP contribution < -0.4 is 0 Å².